The molecule has 0 aliphatic carbocycles. The third-order valence-electron chi connectivity index (χ3n) is 3.17. The van der Waals surface area contributed by atoms with Gasteiger partial charge < -0.3 is 9.88 Å². The SMILES string of the molecule is CCCn1cncc1C=C(CNCC(C)C)C(C)C. The molecule has 1 heterocycles. The van der Waals surface area contributed by atoms with Crippen molar-refractivity contribution in [1.82, 2.24) is 14.9 Å². The Labute approximate surface area is 118 Å². The van der Waals surface area contributed by atoms with Crippen molar-refractivity contribution in [3.05, 3.63) is 23.8 Å². The van der Waals surface area contributed by atoms with Crippen molar-refractivity contribution in [2.75, 3.05) is 13.1 Å². The minimum atomic E-state index is 0.560. The van der Waals surface area contributed by atoms with E-state index in [0.29, 0.717) is 11.8 Å². The number of rotatable bonds is 8. The molecular formula is C16H29N3. The Balaban J connectivity index is 2.73. The van der Waals surface area contributed by atoms with Crippen molar-refractivity contribution in [1.29, 1.82) is 0 Å². The minimum Gasteiger partial charge on any atom is -0.331 e. The third-order valence-corrected chi connectivity index (χ3v) is 3.17. The Kier molecular flexibility index (Phi) is 6.85. The largest absolute Gasteiger partial charge is 0.331 e. The van der Waals surface area contributed by atoms with E-state index in [4.69, 9.17) is 0 Å². The van der Waals surface area contributed by atoms with Crippen LogP contribution in [-0.2, 0) is 6.54 Å². The van der Waals surface area contributed by atoms with E-state index in [2.05, 4.69) is 55.6 Å². The van der Waals surface area contributed by atoms with E-state index < -0.39 is 0 Å². The molecule has 1 aromatic rings. The zero-order valence-electron chi connectivity index (χ0n) is 13.1. The summed E-state index contributed by atoms with van der Waals surface area (Å²) >= 11 is 0. The zero-order chi connectivity index (χ0) is 14.3. The van der Waals surface area contributed by atoms with Crippen LogP contribution in [0.25, 0.3) is 6.08 Å². The Morgan fingerprint density at radius 3 is 2.68 bits per heavy atom. The van der Waals surface area contributed by atoms with E-state index >= 15 is 0 Å². The first-order valence-electron chi connectivity index (χ1n) is 7.45. The number of imidazole rings is 1. The lowest BCUT2D eigenvalue weighted by Gasteiger charge is -2.14. The quantitative estimate of drug-likeness (QED) is 0.777. The molecule has 0 radical (unpaired) electrons. The highest BCUT2D eigenvalue weighted by Crippen LogP contribution is 2.14. The van der Waals surface area contributed by atoms with Crippen molar-refractivity contribution < 1.29 is 0 Å². The maximum Gasteiger partial charge on any atom is 0.0950 e. The van der Waals surface area contributed by atoms with E-state index in [-0.39, 0.29) is 0 Å². The highest BCUT2D eigenvalue weighted by atomic mass is 15.0. The molecule has 1 rings (SSSR count). The van der Waals surface area contributed by atoms with Crippen LogP contribution in [0.15, 0.2) is 18.1 Å². The standard InChI is InChI=1S/C16H29N3/c1-6-7-19-12-18-11-16(19)8-15(14(4)5)10-17-9-13(2)3/h8,11-14,17H,6-7,9-10H2,1-5H3. The molecule has 1 aromatic heterocycles. The fourth-order valence-electron chi connectivity index (χ4n) is 2.00. The molecule has 0 saturated carbocycles. The number of hydrogen-bond donors (Lipinski definition) is 1. The number of aryl methyl sites for hydroxylation is 1. The second kappa shape index (κ2) is 8.16. The van der Waals surface area contributed by atoms with Gasteiger partial charge in [0.25, 0.3) is 0 Å². The van der Waals surface area contributed by atoms with Crippen LogP contribution >= 0.6 is 0 Å². The topological polar surface area (TPSA) is 29.9 Å². The highest BCUT2D eigenvalue weighted by Gasteiger charge is 2.06. The first kappa shape index (κ1) is 16.0. The van der Waals surface area contributed by atoms with Crippen LogP contribution in [0.2, 0.25) is 0 Å². The van der Waals surface area contributed by atoms with Crippen LogP contribution in [0, 0.1) is 11.8 Å². The minimum absolute atomic E-state index is 0.560. The summed E-state index contributed by atoms with van der Waals surface area (Å²) in [5, 5.41) is 3.53. The predicted octanol–water partition coefficient (Wildman–Crippen LogP) is 3.58. The average molecular weight is 263 g/mol. The molecule has 1 N–H and O–H groups in total. The fourth-order valence-corrected chi connectivity index (χ4v) is 2.00. The Morgan fingerprint density at radius 2 is 2.11 bits per heavy atom. The first-order chi connectivity index (χ1) is 9.04. The summed E-state index contributed by atoms with van der Waals surface area (Å²) in [6, 6.07) is 0. The van der Waals surface area contributed by atoms with Crippen molar-refractivity contribution in [2.24, 2.45) is 11.8 Å². The van der Waals surface area contributed by atoms with Gasteiger partial charge in [-0.05, 0) is 30.9 Å². The summed E-state index contributed by atoms with van der Waals surface area (Å²) in [5.41, 5.74) is 2.66. The van der Waals surface area contributed by atoms with E-state index in [0.717, 1.165) is 26.1 Å². The summed E-state index contributed by atoms with van der Waals surface area (Å²) in [4.78, 5) is 4.26. The van der Waals surface area contributed by atoms with Crippen LogP contribution in [-0.4, -0.2) is 22.6 Å². The summed E-state index contributed by atoms with van der Waals surface area (Å²) in [6.07, 6.45) is 7.32. The van der Waals surface area contributed by atoms with Gasteiger partial charge >= 0.3 is 0 Å². The molecule has 0 aromatic carbocycles. The second-order valence-corrected chi connectivity index (χ2v) is 5.91. The molecule has 0 spiro atoms. The van der Waals surface area contributed by atoms with Crippen LogP contribution in [0.5, 0.6) is 0 Å². The van der Waals surface area contributed by atoms with Crippen molar-refractivity contribution >= 4 is 6.08 Å². The van der Waals surface area contributed by atoms with E-state index in [1.54, 1.807) is 0 Å². The summed E-state index contributed by atoms with van der Waals surface area (Å²) in [6.45, 7) is 14.3. The molecule has 0 bridgehead atoms. The normalized spacial score (nSPS) is 12.7. The zero-order valence-corrected chi connectivity index (χ0v) is 13.1. The highest BCUT2D eigenvalue weighted by molar-refractivity contribution is 5.49. The first-order valence-corrected chi connectivity index (χ1v) is 7.45. The van der Waals surface area contributed by atoms with E-state index in [1.807, 2.05) is 12.5 Å². The molecule has 0 aliphatic rings. The number of aromatic nitrogens is 2. The molecule has 19 heavy (non-hydrogen) atoms. The maximum absolute atomic E-state index is 4.26. The van der Waals surface area contributed by atoms with Gasteiger partial charge in [0.2, 0.25) is 0 Å². The number of nitrogens with zero attached hydrogens (tertiary/aromatic N) is 2. The van der Waals surface area contributed by atoms with Gasteiger partial charge in [-0.15, -0.1) is 0 Å². The lowest BCUT2D eigenvalue weighted by Crippen LogP contribution is -2.23. The third kappa shape index (κ3) is 5.60. The van der Waals surface area contributed by atoms with Gasteiger partial charge in [-0.25, -0.2) is 4.98 Å². The van der Waals surface area contributed by atoms with Crippen molar-refractivity contribution in [3.8, 4) is 0 Å². The van der Waals surface area contributed by atoms with Crippen molar-refractivity contribution in [3.63, 3.8) is 0 Å². The molecular weight excluding hydrogens is 234 g/mol. The molecule has 0 saturated heterocycles. The maximum atomic E-state index is 4.26. The van der Waals surface area contributed by atoms with Gasteiger partial charge in [-0.1, -0.05) is 40.2 Å². The van der Waals surface area contributed by atoms with Gasteiger partial charge in [0, 0.05) is 13.1 Å². The summed E-state index contributed by atoms with van der Waals surface area (Å²) in [5.74, 6) is 1.25. The molecule has 108 valence electrons. The molecule has 0 fully saturated rings. The Morgan fingerprint density at radius 1 is 1.37 bits per heavy atom. The molecule has 0 unspecified atom stereocenters. The van der Waals surface area contributed by atoms with E-state index in [1.165, 1.54) is 11.3 Å². The Bertz CT molecular complexity index is 388. The predicted molar refractivity (Wildman–Crippen MR) is 83.0 cm³/mol. The number of nitrogens with one attached hydrogen (secondary N) is 1. The van der Waals surface area contributed by atoms with Crippen LogP contribution in [0.3, 0.4) is 0 Å². The van der Waals surface area contributed by atoms with Gasteiger partial charge in [0.1, 0.15) is 0 Å². The smallest absolute Gasteiger partial charge is 0.0950 e. The molecule has 3 heteroatoms. The molecule has 0 amide bonds. The van der Waals surface area contributed by atoms with Gasteiger partial charge in [-0.2, -0.15) is 0 Å². The summed E-state index contributed by atoms with van der Waals surface area (Å²) < 4.78 is 2.23. The van der Waals surface area contributed by atoms with Gasteiger partial charge in [0.05, 0.1) is 18.2 Å². The molecule has 0 aliphatic heterocycles. The van der Waals surface area contributed by atoms with Gasteiger partial charge in [-0.3, -0.25) is 0 Å². The van der Waals surface area contributed by atoms with Crippen LogP contribution in [0.4, 0.5) is 0 Å². The fraction of sp³-hybridized carbons (Fsp3) is 0.688. The average Bonchev–Trinajstić information content (AvgIpc) is 2.75. The number of hydrogen-bond acceptors (Lipinski definition) is 2. The van der Waals surface area contributed by atoms with Crippen LogP contribution in [0.1, 0.15) is 46.7 Å². The Hall–Kier alpha value is -1.09. The van der Waals surface area contributed by atoms with Crippen LogP contribution < -0.4 is 5.32 Å². The molecule has 3 nitrogen and oxygen atoms in total. The lowest BCUT2D eigenvalue weighted by molar-refractivity contribution is 0.558. The second-order valence-electron chi connectivity index (χ2n) is 5.91. The summed E-state index contributed by atoms with van der Waals surface area (Å²) in [7, 11) is 0. The lowest BCUT2D eigenvalue weighted by atomic mass is 10.0. The molecule has 0 atom stereocenters. The van der Waals surface area contributed by atoms with Gasteiger partial charge in [0.15, 0.2) is 0 Å². The monoisotopic (exact) mass is 263 g/mol. The van der Waals surface area contributed by atoms with E-state index in [9.17, 15) is 0 Å². The van der Waals surface area contributed by atoms with Crippen molar-refractivity contribution in [2.45, 2.75) is 47.6 Å².